The summed E-state index contributed by atoms with van der Waals surface area (Å²) < 4.78 is 2.65. The van der Waals surface area contributed by atoms with Crippen LogP contribution in [-0.2, 0) is 0 Å². The molecule has 54 heavy (non-hydrogen) atoms. The highest BCUT2D eigenvalue weighted by Crippen LogP contribution is 2.45. The lowest BCUT2D eigenvalue weighted by atomic mass is 9.90. The molecular weight excluding hydrogens is 671 g/mol. The molecule has 0 atom stereocenters. The smallest absolute Gasteiger partial charge is 0.0474 e. The molecule has 0 saturated heterocycles. The highest BCUT2D eigenvalue weighted by atomic mass is 32.1. The van der Waals surface area contributed by atoms with Gasteiger partial charge >= 0.3 is 0 Å². The van der Waals surface area contributed by atoms with Gasteiger partial charge in [0.2, 0.25) is 0 Å². The lowest BCUT2D eigenvalue weighted by Gasteiger charge is -2.27. The van der Waals surface area contributed by atoms with Gasteiger partial charge in [0.15, 0.2) is 0 Å². The molecular formula is C52H33NS. The van der Waals surface area contributed by atoms with Gasteiger partial charge in [-0.2, -0.15) is 0 Å². The molecule has 0 aliphatic carbocycles. The van der Waals surface area contributed by atoms with E-state index in [-0.39, 0.29) is 0 Å². The van der Waals surface area contributed by atoms with E-state index in [1.807, 2.05) is 11.3 Å². The van der Waals surface area contributed by atoms with Crippen LogP contribution in [-0.4, -0.2) is 0 Å². The zero-order valence-corrected chi connectivity index (χ0v) is 30.2. The SMILES string of the molecule is c1ccc(-c2ccc(N(c3ccc4cc5sc6ccccc6c5cc4c3)c3cc(-c4cc5ccccc5c5ccccc45)c4ccccc4c3)cc2)cc1. The highest BCUT2D eigenvalue weighted by Gasteiger charge is 2.19. The van der Waals surface area contributed by atoms with Crippen LogP contribution in [0.2, 0.25) is 0 Å². The number of nitrogens with zero attached hydrogens (tertiary/aromatic N) is 1. The molecule has 252 valence electrons. The fourth-order valence-corrected chi connectivity index (χ4v) is 9.54. The van der Waals surface area contributed by atoms with Gasteiger partial charge in [-0.1, -0.05) is 140 Å². The Kier molecular flexibility index (Phi) is 7.11. The Labute approximate surface area is 317 Å². The molecule has 0 aliphatic rings. The quantitative estimate of drug-likeness (QED) is 0.161. The Morgan fingerprint density at radius 3 is 1.69 bits per heavy atom. The standard InChI is InChI=1S/C52H33NS/c1-2-12-34(13-3-1)35-22-25-40(26-23-35)53(41-27-24-36-32-52-50(31-39(36)29-41)47-20-10-11-21-51(47)54-52)42-28-37-14-4-7-17-44(37)49(33-42)48-30-38-15-5-6-16-43(38)45-18-8-9-19-46(45)48/h1-33H. The van der Waals surface area contributed by atoms with Gasteiger partial charge in [-0.05, 0) is 126 Å². The minimum atomic E-state index is 1.11. The minimum absolute atomic E-state index is 1.11. The fourth-order valence-electron chi connectivity index (χ4n) is 8.40. The minimum Gasteiger partial charge on any atom is -0.310 e. The Balaban J connectivity index is 1.16. The van der Waals surface area contributed by atoms with Gasteiger partial charge in [0.25, 0.3) is 0 Å². The monoisotopic (exact) mass is 703 g/mol. The average molecular weight is 704 g/mol. The number of rotatable bonds is 5. The Hall–Kier alpha value is -6.74. The number of benzene rings is 10. The molecule has 0 aliphatic heterocycles. The summed E-state index contributed by atoms with van der Waals surface area (Å²) in [6.07, 6.45) is 0. The van der Waals surface area contributed by atoms with Crippen molar-refractivity contribution in [2.45, 2.75) is 0 Å². The van der Waals surface area contributed by atoms with Gasteiger partial charge in [-0.3, -0.25) is 0 Å². The van der Waals surface area contributed by atoms with Crippen LogP contribution in [0.4, 0.5) is 17.1 Å². The summed E-state index contributed by atoms with van der Waals surface area (Å²) in [5, 5.41) is 12.6. The van der Waals surface area contributed by atoms with E-state index < -0.39 is 0 Å². The maximum atomic E-state index is 2.43. The third-order valence-electron chi connectivity index (χ3n) is 11.0. The second kappa shape index (κ2) is 12.4. The number of hydrogen-bond acceptors (Lipinski definition) is 2. The van der Waals surface area contributed by atoms with E-state index in [2.05, 4.69) is 205 Å². The summed E-state index contributed by atoms with van der Waals surface area (Å²) >= 11 is 1.87. The highest BCUT2D eigenvalue weighted by molar-refractivity contribution is 7.25. The topological polar surface area (TPSA) is 3.24 Å². The molecule has 0 fully saturated rings. The second-order valence-corrected chi connectivity index (χ2v) is 15.2. The lowest BCUT2D eigenvalue weighted by Crippen LogP contribution is -2.10. The molecule has 11 rings (SSSR count). The average Bonchev–Trinajstić information content (AvgIpc) is 3.60. The second-order valence-electron chi connectivity index (χ2n) is 14.1. The van der Waals surface area contributed by atoms with Crippen molar-refractivity contribution in [3.63, 3.8) is 0 Å². The maximum Gasteiger partial charge on any atom is 0.0474 e. The Bertz CT molecular complexity index is 3210. The van der Waals surface area contributed by atoms with Crippen molar-refractivity contribution < 1.29 is 0 Å². The van der Waals surface area contributed by atoms with E-state index >= 15 is 0 Å². The summed E-state index contributed by atoms with van der Waals surface area (Å²) in [5.41, 5.74) is 8.24. The Morgan fingerprint density at radius 2 is 0.870 bits per heavy atom. The number of thiophene rings is 1. The number of fused-ring (bicyclic) bond motifs is 8. The van der Waals surface area contributed by atoms with Gasteiger partial charge in [0, 0.05) is 37.2 Å². The Morgan fingerprint density at radius 1 is 0.278 bits per heavy atom. The first-order valence-corrected chi connectivity index (χ1v) is 19.3. The van der Waals surface area contributed by atoms with Gasteiger partial charge in [0.1, 0.15) is 0 Å². The number of anilines is 3. The predicted molar refractivity (Wildman–Crippen MR) is 235 cm³/mol. The van der Waals surface area contributed by atoms with Crippen LogP contribution in [0.3, 0.4) is 0 Å². The molecule has 0 amide bonds. The molecule has 1 aromatic heterocycles. The normalized spacial score (nSPS) is 11.7. The lowest BCUT2D eigenvalue weighted by molar-refractivity contribution is 1.29. The van der Waals surface area contributed by atoms with Crippen LogP contribution in [0.25, 0.3) is 85.5 Å². The van der Waals surface area contributed by atoms with Crippen molar-refractivity contribution in [1.82, 2.24) is 0 Å². The van der Waals surface area contributed by atoms with Gasteiger partial charge < -0.3 is 4.90 Å². The molecule has 0 radical (unpaired) electrons. The van der Waals surface area contributed by atoms with Crippen LogP contribution in [0.15, 0.2) is 200 Å². The largest absolute Gasteiger partial charge is 0.310 e. The van der Waals surface area contributed by atoms with Crippen LogP contribution >= 0.6 is 11.3 Å². The van der Waals surface area contributed by atoms with Crippen LogP contribution in [0.1, 0.15) is 0 Å². The zero-order chi connectivity index (χ0) is 35.6. The van der Waals surface area contributed by atoms with E-state index in [9.17, 15) is 0 Å². The maximum absolute atomic E-state index is 2.43. The molecule has 0 saturated carbocycles. The van der Waals surface area contributed by atoms with Gasteiger partial charge in [-0.25, -0.2) is 0 Å². The molecule has 1 nitrogen and oxygen atoms in total. The number of hydrogen-bond donors (Lipinski definition) is 0. The van der Waals surface area contributed by atoms with E-state index in [1.165, 1.54) is 85.5 Å². The van der Waals surface area contributed by atoms with Gasteiger partial charge in [-0.15, -0.1) is 11.3 Å². The van der Waals surface area contributed by atoms with Crippen LogP contribution in [0, 0.1) is 0 Å². The summed E-state index contributed by atoms with van der Waals surface area (Å²) in [6, 6.07) is 73.7. The summed E-state index contributed by atoms with van der Waals surface area (Å²) in [5.74, 6) is 0. The third-order valence-corrected chi connectivity index (χ3v) is 12.1. The molecule has 0 spiro atoms. The van der Waals surface area contributed by atoms with Crippen LogP contribution in [0.5, 0.6) is 0 Å². The zero-order valence-electron chi connectivity index (χ0n) is 29.4. The molecule has 10 aromatic carbocycles. The third kappa shape index (κ3) is 5.07. The first-order chi connectivity index (χ1) is 26.7. The van der Waals surface area contributed by atoms with Crippen molar-refractivity contribution >= 4 is 91.7 Å². The summed E-state index contributed by atoms with van der Waals surface area (Å²) in [7, 11) is 0. The van der Waals surface area contributed by atoms with Crippen molar-refractivity contribution in [1.29, 1.82) is 0 Å². The molecule has 1 heterocycles. The van der Waals surface area contributed by atoms with Crippen LogP contribution < -0.4 is 4.90 Å². The molecule has 2 heteroatoms. The van der Waals surface area contributed by atoms with E-state index in [0.29, 0.717) is 0 Å². The van der Waals surface area contributed by atoms with Crippen molar-refractivity contribution in [2.24, 2.45) is 0 Å². The first kappa shape index (κ1) is 30.8. The molecule has 0 N–H and O–H groups in total. The van der Waals surface area contributed by atoms with Gasteiger partial charge in [0.05, 0.1) is 0 Å². The molecule has 0 bridgehead atoms. The fraction of sp³-hybridized carbons (Fsp3) is 0. The molecule has 0 unspecified atom stereocenters. The van der Waals surface area contributed by atoms with E-state index in [4.69, 9.17) is 0 Å². The van der Waals surface area contributed by atoms with E-state index in [0.717, 1.165) is 17.1 Å². The van der Waals surface area contributed by atoms with Crippen molar-refractivity contribution in [3.8, 4) is 22.3 Å². The molecule has 11 aromatic rings. The predicted octanol–water partition coefficient (Wildman–Crippen LogP) is 15.5. The van der Waals surface area contributed by atoms with Crippen molar-refractivity contribution in [3.05, 3.63) is 200 Å². The summed E-state index contributed by atoms with van der Waals surface area (Å²) in [6.45, 7) is 0. The van der Waals surface area contributed by atoms with E-state index in [1.54, 1.807) is 0 Å². The first-order valence-electron chi connectivity index (χ1n) is 18.5. The van der Waals surface area contributed by atoms with Crippen molar-refractivity contribution in [2.75, 3.05) is 4.90 Å². The summed E-state index contributed by atoms with van der Waals surface area (Å²) in [4.78, 5) is 2.43.